The van der Waals surface area contributed by atoms with Crippen LogP contribution in [0.2, 0.25) is 5.02 Å². The second-order valence-corrected chi connectivity index (χ2v) is 5.29. The molecule has 0 aliphatic heterocycles. The molecule has 0 radical (unpaired) electrons. The lowest BCUT2D eigenvalue weighted by molar-refractivity contribution is 0.315. The Hall–Kier alpha value is -1.62. The van der Waals surface area contributed by atoms with Crippen LogP contribution in [-0.4, -0.2) is 11.6 Å². The average Bonchev–Trinajstić information content (AvgIpc) is 2.51. The minimum atomic E-state index is -0.0406. The second kappa shape index (κ2) is 7.98. The Morgan fingerprint density at radius 3 is 2.90 bits per heavy atom. The van der Waals surface area contributed by atoms with E-state index < -0.39 is 0 Å². The number of ether oxygens (including phenoxy) is 1. The molecule has 0 amide bonds. The van der Waals surface area contributed by atoms with Gasteiger partial charge in [-0.3, -0.25) is 16.3 Å². The van der Waals surface area contributed by atoms with Crippen molar-refractivity contribution in [2.75, 3.05) is 6.61 Å². The van der Waals surface area contributed by atoms with E-state index in [1.807, 2.05) is 30.3 Å². The van der Waals surface area contributed by atoms with Crippen molar-refractivity contribution in [1.82, 2.24) is 10.4 Å². The SMILES string of the molecule is CCCOc1cncc(C(Cc2cccc(Cl)c2)NN)c1. The van der Waals surface area contributed by atoms with Crippen LogP contribution < -0.4 is 16.0 Å². The summed E-state index contributed by atoms with van der Waals surface area (Å²) < 4.78 is 5.61. The number of hydrogen-bond acceptors (Lipinski definition) is 4. The fourth-order valence-corrected chi connectivity index (χ4v) is 2.31. The van der Waals surface area contributed by atoms with Gasteiger partial charge in [0.15, 0.2) is 0 Å². The molecule has 21 heavy (non-hydrogen) atoms. The summed E-state index contributed by atoms with van der Waals surface area (Å²) in [6, 6.07) is 9.69. The first-order chi connectivity index (χ1) is 10.2. The minimum Gasteiger partial charge on any atom is -0.492 e. The Morgan fingerprint density at radius 1 is 1.33 bits per heavy atom. The smallest absolute Gasteiger partial charge is 0.137 e. The Balaban J connectivity index is 2.13. The highest BCUT2D eigenvalue weighted by molar-refractivity contribution is 6.30. The van der Waals surface area contributed by atoms with Crippen LogP contribution >= 0.6 is 11.6 Å². The summed E-state index contributed by atoms with van der Waals surface area (Å²) in [5.41, 5.74) is 4.94. The quantitative estimate of drug-likeness (QED) is 0.609. The Bertz CT molecular complexity index is 577. The summed E-state index contributed by atoms with van der Waals surface area (Å²) >= 11 is 6.02. The monoisotopic (exact) mass is 305 g/mol. The van der Waals surface area contributed by atoms with E-state index in [-0.39, 0.29) is 6.04 Å². The predicted molar refractivity (Wildman–Crippen MR) is 85.2 cm³/mol. The van der Waals surface area contributed by atoms with Crippen LogP contribution in [0.25, 0.3) is 0 Å². The average molecular weight is 306 g/mol. The van der Waals surface area contributed by atoms with Gasteiger partial charge in [0.25, 0.3) is 0 Å². The molecule has 5 heteroatoms. The van der Waals surface area contributed by atoms with Gasteiger partial charge in [-0.05, 0) is 42.2 Å². The third-order valence-electron chi connectivity index (χ3n) is 3.14. The van der Waals surface area contributed by atoms with Crippen molar-refractivity contribution >= 4 is 11.6 Å². The number of benzene rings is 1. The maximum Gasteiger partial charge on any atom is 0.137 e. The Morgan fingerprint density at radius 2 is 2.19 bits per heavy atom. The van der Waals surface area contributed by atoms with E-state index in [0.717, 1.165) is 34.7 Å². The molecular formula is C16H20ClN3O. The number of hydrazine groups is 1. The molecule has 0 bridgehead atoms. The number of halogens is 1. The fraction of sp³-hybridized carbons (Fsp3) is 0.312. The largest absolute Gasteiger partial charge is 0.492 e. The molecule has 0 aliphatic rings. The molecule has 0 saturated heterocycles. The molecule has 2 aromatic rings. The molecule has 0 spiro atoms. The fourth-order valence-electron chi connectivity index (χ4n) is 2.10. The standard InChI is InChI=1S/C16H20ClN3O/c1-2-6-21-15-9-13(10-19-11-15)16(20-18)8-12-4-3-5-14(17)7-12/h3-5,7,9-11,16,20H,2,6,8,18H2,1H3. The third kappa shape index (κ3) is 4.70. The lowest BCUT2D eigenvalue weighted by Crippen LogP contribution is -2.29. The third-order valence-corrected chi connectivity index (χ3v) is 3.37. The van der Waals surface area contributed by atoms with E-state index >= 15 is 0 Å². The highest BCUT2D eigenvalue weighted by Crippen LogP contribution is 2.22. The minimum absolute atomic E-state index is 0.0406. The van der Waals surface area contributed by atoms with E-state index in [4.69, 9.17) is 22.2 Å². The number of nitrogens with zero attached hydrogens (tertiary/aromatic N) is 1. The molecular weight excluding hydrogens is 286 g/mol. The number of pyridine rings is 1. The number of hydrogen-bond donors (Lipinski definition) is 2. The maximum absolute atomic E-state index is 6.02. The Kier molecular flexibility index (Phi) is 5.99. The van der Waals surface area contributed by atoms with Crippen LogP contribution in [0.1, 0.15) is 30.5 Å². The summed E-state index contributed by atoms with van der Waals surface area (Å²) in [5, 5.41) is 0.724. The highest BCUT2D eigenvalue weighted by Gasteiger charge is 2.12. The topological polar surface area (TPSA) is 60.2 Å². The van der Waals surface area contributed by atoms with Crippen LogP contribution in [0.3, 0.4) is 0 Å². The summed E-state index contributed by atoms with van der Waals surface area (Å²) in [6.07, 6.45) is 5.21. The zero-order valence-corrected chi connectivity index (χ0v) is 12.8. The van der Waals surface area contributed by atoms with Gasteiger partial charge in [-0.2, -0.15) is 0 Å². The van der Waals surface area contributed by atoms with Gasteiger partial charge in [-0.1, -0.05) is 30.7 Å². The lowest BCUT2D eigenvalue weighted by Gasteiger charge is -2.17. The molecule has 0 fully saturated rings. The zero-order chi connectivity index (χ0) is 15.1. The van der Waals surface area contributed by atoms with Crippen LogP contribution in [0.4, 0.5) is 0 Å². The lowest BCUT2D eigenvalue weighted by atomic mass is 10.0. The first kappa shape index (κ1) is 15.8. The molecule has 1 atom stereocenters. The van der Waals surface area contributed by atoms with Crippen molar-refractivity contribution in [2.24, 2.45) is 5.84 Å². The van der Waals surface area contributed by atoms with Crippen molar-refractivity contribution in [2.45, 2.75) is 25.8 Å². The van der Waals surface area contributed by atoms with Gasteiger partial charge >= 0.3 is 0 Å². The number of rotatable bonds is 7. The molecule has 0 aliphatic carbocycles. The molecule has 1 heterocycles. The molecule has 1 aromatic carbocycles. The molecule has 2 rings (SSSR count). The van der Waals surface area contributed by atoms with Crippen LogP contribution in [0, 0.1) is 0 Å². The van der Waals surface area contributed by atoms with E-state index in [0.29, 0.717) is 6.61 Å². The second-order valence-electron chi connectivity index (χ2n) is 4.86. The molecule has 0 saturated carbocycles. The van der Waals surface area contributed by atoms with Gasteiger partial charge in [-0.25, -0.2) is 0 Å². The normalized spacial score (nSPS) is 12.1. The number of aromatic nitrogens is 1. The van der Waals surface area contributed by atoms with Crippen molar-refractivity contribution in [1.29, 1.82) is 0 Å². The number of nitrogens with one attached hydrogen (secondary N) is 1. The van der Waals surface area contributed by atoms with Crippen LogP contribution in [0.15, 0.2) is 42.7 Å². The molecule has 112 valence electrons. The summed E-state index contributed by atoms with van der Waals surface area (Å²) in [4.78, 5) is 4.22. The molecule has 3 N–H and O–H groups in total. The van der Waals surface area contributed by atoms with Crippen molar-refractivity contribution in [3.05, 3.63) is 58.9 Å². The first-order valence-electron chi connectivity index (χ1n) is 7.01. The van der Waals surface area contributed by atoms with E-state index in [1.165, 1.54) is 0 Å². The summed E-state index contributed by atoms with van der Waals surface area (Å²) in [7, 11) is 0. The van der Waals surface area contributed by atoms with Crippen molar-refractivity contribution < 1.29 is 4.74 Å². The van der Waals surface area contributed by atoms with Gasteiger partial charge < -0.3 is 4.74 Å². The summed E-state index contributed by atoms with van der Waals surface area (Å²) in [5.74, 6) is 6.45. The zero-order valence-electron chi connectivity index (χ0n) is 12.1. The van der Waals surface area contributed by atoms with Gasteiger partial charge in [0.2, 0.25) is 0 Å². The van der Waals surface area contributed by atoms with Crippen LogP contribution in [-0.2, 0) is 6.42 Å². The van der Waals surface area contributed by atoms with E-state index in [2.05, 4.69) is 17.3 Å². The Labute approximate surface area is 130 Å². The number of nitrogens with two attached hydrogens (primary N) is 1. The molecule has 1 aromatic heterocycles. The van der Waals surface area contributed by atoms with Crippen LogP contribution in [0.5, 0.6) is 5.75 Å². The highest BCUT2D eigenvalue weighted by atomic mass is 35.5. The van der Waals surface area contributed by atoms with E-state index in [1.54, 1.807) is 12.4 Å². The van der Waals surface area contributed by atoms with Gasteiger partial charge in [0, 0.05) is 11.2 Å². The van der Waals surface area contributed by atoms with Crippen molar-refractivity contribution in [3.63, 3.8) is 0 Å². The molecule has 4 nitrogen and oxygen atoms in total. The van der Waals surface area contributed by atoms with E-state index in [9.17, 15) is 0 Å². The molecule has 1 unspecified atom stereocenters. The predicted octanol–water partition coefficient (Wildman–Crippen LogP) is 3.27. The maximum atomic E-state index is 6.02. The van der Waals surface area contributed by atoms with Gasteiger partial charge in [0.1, 0.15) is 5.75 Å². The van der Waals surface area contributed by atoms with Gasteiger partial charge in [-0.15, -0.1) is 0 Å². The van der Waals surface area contributed by atoms with Gasteiger partial charge in [0.05, 0.1) is 18.8 Å². The van der Waals surface area contributed by atoms with Crippen molar-refractivity contribution in [3.8, 4) is 5.75 Å². The summed E-state index contributed by atoms with van der Waals surface area (Å²) in [6.45, 7) is 2.75. The first-order valence-corrected chi connectivity index (χ1v) is 7.39.